The molecule has 0 fully saturated rings. The number of nitrogens with one attached hydrogen (secondary N) is 1. The Morgan fingerprint density at radius 2 is 2.37 bits per heavy atom. The van der Waals surface area contributed by atoms with Crippen LogP contribution in [0, 0.1) is 0 Å². The Kier molecular flexibility index (Phi) is 4.27. The number of primary amides is 1. The van der Waals surface area contributed by atoms with Crippen molar-refractivity contribution in [1.82, 2.24) is 5.32 Å². The molecule has 19 heavy (non-hydrogen) atoms. The molecule has 1 unspecified atom stereocenters. The molecular formula is C14H20N2O3. The van der Waals surface area contributed by atoms with E-state index in [2.05, 4.69) is 12.2 Å². The lowest BCUT2D eigenvalue weighted by molar-refractivity contribution is -0.117. The smallest absolute Gasteiger partial charge is 0.218 e. The summed E-state index contributed by atoms with van der Waals surface area (Å²) in [6.45, 7) is 3.26. The zero-order chi connectivity index (χ0) is 13.8. The summed E-state index contributed by atoms with van der Waals surface area (Å²) in [4.78, 5) is 10.7. The van der Waals surface area contributed by atoms with Gasteiger partial charge in [-0.1, -0.05) is 0 Å². The molecule has 5 nitrogen and oxygen atoms in total. The molecular weight excluding hydrogens is 244 g/mol. The zero-order valence-electron chi connectivity index (χ0n) is 11.4. The van der Waals surface area contributed by atoms with Crippen LogP contribution in [0.25, 0.3) is 0 Å². The highest BCUT2D eigenvalue weighted by Crippen LogP contribution is 2.36. The third kappa shape index (κ3) is 3.38. The second kappa shape index (κ2) is 5.93. The van der Waals surface area contributed by atoms with E-state index in [4.69, 9.17) is 15.2 Å². The van der Waals surface area contributed by atoms with E-state index < -0.39 is 0 Å². The lowest BCUT2D eigenvalue weighted by Gasteiger charge is -2.12. The molecule has 1 aliphatic heterocycles. The molecule has 0 aromatic heterocycles. The number of fused-ring (bicyclic) bond motifs is 1. The van der Waals surface area contributed by atoms with Crippen LogP contribution >= 0.6 is 0 Å². The molecule has 5 heteroatoms. The number of amides is 1. The van der Waals surface area contributed by atoms with Gasteiger partial charge < -0.3 is 20.5 Å². The lowest BCUT2D eigenvalue weighted by atomic mass is 10.1. The highest BCUT2D eigenvalue weighted by Gasteiger charge is 2.23. The standard InChI is InChI=1S/C14H20N2O3/c1-9-5-10-6-12(18-2)7-11(14(10)19-9)8-16-4-3-13(15)17/h6-7,9,16H,3-5,8H2,1-2H3,(H2,15,17). The van der Waals surface area contributed by atoms with Gasteiger partial charge in [0.2, 0.25) is 5.91 Å². The molecule has 104 valence electrons. The molecule has 2 rings (SSSR count). The number of nitrogens with two attached hydrogens (primary N) is 1. The van der Waals surface area contributed by atoms with Gasteiger partial charge in [-0.15, -0.1) is 0 Å². The fraction of sp³-hybridized carbons (Fsp3) is 0.500. The number of hydrogen-bond donors (Lipinski definition) is 2. The molecule has 0 aliphatic carbocycles. The van der Waals surface area contributed by atoms with Crippen molar-refractivity contribution >= 4 is 5.91 Å². The average molecular weight is 264 g/mol. The van der Waals surface area contributed by atoms with E-state index in [-0.39, 0.29) is 12.0 Å². The minimum Gasteiger partial charge on any atom is -0.497 e. The number of hydrogen-bond acceptors (Lipinski definition) is 4. The lowest BCUT2D eigenvalue weighted by Crippen LogP contribution is -2.21. The molecule has 3 N–H and O–H groups in total. The van der Waals surface area contributed by atoms with Crippen molar-refractivity contribution in [2.24, 2.45) is 5.73 Å². The summed E-state index contributed by atoms with van der Waals surface area (Å²) >= 11 is 0. The second-order valence-electron chi connectivity index (χ2n) is 4.80. The van der Waals surface area contributed by atoms with Gasteiger partial charge in [-0.2, -0.15) is 0 Å². The Balaban J connectivity index is 2.07. The summed E-state index contributed by atoms with van der Waals surface area (Å²) in [5.74, 6) is 1.48. The molecule has 1 aromatic carbocycles. The van der Waals surface area contributed by atoms with Crippen LogP contribution in [0.3, 0.4) is 0 Å². The first-order chi connectivity index (χ1) is 9.10. The third-order valence-corrected chi connectivity index (χ3v) is 3.14. The Bertz CT molecular complexity index is 474. The SMILES string of the molecule is COc1cc(CNCCC(N)=O)c2c(c1)CC(C)O2. The summed E-state index contributed by atoms with van der Waals surface area (Å²) in [5, 5.41) is 3.19. The van der Waals surface area contributed by atoms with E-state index in [0.29, 0.717) is 19.5 Å². The molecule has 0 bridgehead atoms. The maximum Gasteiger partial charge on any atom is 0.218 e. The van der Waals surface area contributed by atoms with Gasteiger partial charge in [0, 0.05) is 37.1 Å². The largest absolute Gasteiger partial charge is 0.497 e. The maximum absolute atomic E-state index is 10.7. The van der Waals surface area contributed by atoms with E-state index in [1.165, 1.54) is 5.56 Å². The van der Waals surface area contributed by atoms with Crippen molar-refractivity contribution < 1.29 is 14.3 Å². The summed E-state index contributed by atoms with van der Waals surface area (Å²) in [7, 11) is 1.66. The van der Waals surface area contributed by atoms with Crippen LogP contribution in [0.4, 0.5) is 0 Å². The fourth-order valence-electron chi connectivity index (χ4n) is 2.26. The van der Waals surface area contributed by atoms with Crippen molar-refractivity contribution in [2.75, 3.05) is 13.7 Å². The van der Waals surface area contributed by atoms with Crippen molar-refractivity contribution in [3.8, 4) is 11.5 Å². The Morgan fingerprint density at radius 3 is 3.05 bits per heavy atom. The molecule has 0 spiro atoms. The van der Waals surface area contributed by atoms with Crippen LogP contribution < -0.4 is 20.5 Å². The number of carbonyl (C=O) groups is 1. The summed E-state index contributed by atoms with van der Waals surface area (Å²) in [6.07, 6.45) is 1.44. The van der Waals surface area contributed by atoms with Gasteiger partial charge in [0.1, 0.15) is 17.6 Å². The first-order valence-electron chi connectivity index (χ1n) is 6.45. The van der Waals surface area contributed by atoms with Gasteiger partial charge in [-0.05, 0) is 19.1 Å². The Morgan fingerprint density at radius 1 is 1.58 bits per heavy atom. The predicted molar refractivity (Wildman–Crippen MR) is 72.3 cm³/mol. The van der Waals surface area contributed by atoms with E-state index in [0.717, 1.165) is 23.5 Å². The highest BCUT2D eigenvalue weighted by molar-refractivity contribution is 5.73. The minimum atomic E-state index is -0.298. The first kappa shape index (κ1) is 13.7. The molecule has 1 aliphatic rings. The number of methoxy groups -OCH3 is 1. The van der Waals surface area contributed by atoms with Gasteiger partial charge in [-0.3, -0.25) is 4.79 Å². The number of rotatable bonds is 6. The monoisotopic (exact) mass is 264 g/mol. The molecule has 0 saturated carbocycles. The second-order valence-corrected chi connectivity index (χ2v) is 4.80. The minimum absolute atomic E-state index is 0.200. The zero-order valence-corrected chi connectivity index (χ0v) is 11.4. The van der Waals surface area contributed by atoms with Crippen LogP contribution in [0.5, 0.6) is 11.5 Å². The van der Waals surface area contributed by atoms with Crippen molar-refractivity contribution in [3.05, 3.63) is 23.3 Å². The van der Waals surface area contributed by atoms with E-state index in [9.17, 15) is 4.79 Å². The van der Waals surface area contributed by atoms with E-state index >= 15 is 0 Å². The van der Waals surface area contributed by atoms with Gasteiger partial charge in [0.05, 0.1) is 7.11 Å². The van der Waals surface area contributed by atoms with E-state index in [1.807, 2.05) is 12.1 Å². The van der Waals surface area contributed by atoms with Gasteiger partial charge in [0.15, 0.2) is 0 Å². The van der Waals surface area contributed by atoms with Gasteiger partial charge in [0.25, 0.3) is 0 Å². The van der Waals surface area contributed by atoms with Crippen molar-refractivity contribution in [2.45, 2.75) is 32.4 Å². The van der Waals surface area contributed by atoms with Crippen molar-refractivity contribution in [3.63, 3.8) is 0 Å². The molecule has 0 saturated heterocycles. The van der Waals surface area contributed by atoms with Gasteiger partial charge in [-0.25, -0.2) is 0 Å². The molecule has 1 heterocycles. The van der Waals surface area contributed by atoms with Crippen LogP contribution in [-0.2, 0) is 17.8 Å². The van der Waals surface area contributed by atoms with Crippen LogP contribution in [-0.4, -0.2) is 25.7 Å². The summed E-state index contributed by atoms with van der Waals surface area (Å²) in [5.41, 5.74) is 7.34. The third-order valence-electron chi connectivity index (χ3n) is 3.14. The summed E-state index contributed by atoms with van der Waals surface area (Å²) < 4.78 is 11.1. The summed E-state index contributed by atoms with van der Waals surface area (Å²) in [6, 6.07) is 3.99. The Hall–Kier alpha value is -1.75. The van der Waals surface area contributed by atoms with Crippen molar-refractivity contribution in [1.29, 1.82) is 0 Å². The van der Waals surface area contributed by atoms with E-state index in [1.54, 1.807) is 7.11 Å². The molecule has 1 atom stereocenters. The predicted octanol–water partition coefficient (Wildman–Crippen LogP) is 0.984. The number of benzene rings is 1. The van der Waals surface area contributed by atoms with Crippen LogP contribution in [0.1, 0.15) is 24.5 Å². The molecule has 1 amide bonds. The number of ether oxygens (including phenoxy) is 2. The topological polar surface area (TPSA) is 73.6 Å². The maximum atomic E-state index is 10.7. The van der Waals surface area contributed by atoms with Crippen LogP contribution in [0.2, 0.25) is 0 Å². The highest BCUT2D eigenvalue weighted by atomic mass is 16.5. The quantitative estimate of drug-likeness (QED) is 0.751. The number of carbonyl (C=O) groups excluding carboxylic acids is 1. The fourth-order valence-corrected chi connectivity index (χ4v) is 2.26. The first-order valence-corrected chi connectivity index (χ1v) is 6.45. The average Bonchev–Trinajstić information content (AvgIpc) is 2.74. The Labute approximate surface area is 113 Å². The molecule has 0 radical (unpaired) electrons. The van der Waals surface area contributed by atoms with Gasteiger partial charge >= 0.3 is 0 Å². The molecule has 1 aromatic rings. The normalized spacial score (nSPS) is 16.8. The van der Waals surface area contributed by atoms with Crippen LogP contribution in [0.15, 0.2) is 12.1 Å².